The average Bonchev–Trinajstić information content (AvgIpc) is 3.02. The first-order valence-corrected chi connectivity index (χ1v) is 9.08. The van der Waals surface area contributed by atoms with Crippen LogP contribution in [0, 0.1) is 10.1 Å². The van der Waals surface area contributed by atoms with E-state index in [4.69, 9.17) is 0 Å². The molecular formula is C20H13N3O4S. The Hall–Kier alpha value is -3.65. The number of aliphatic imine (C=N–C) groups is 1. The predicted octanol–water partition coefficient (Wildman–Crippen LogP) is 4.35. The topological polar surface area (TPSA) is 105 Å². The van der Waals surface area contributed by atoms with Crippen molar-refractivity contribution in [1.82, 2.24) is 5.32 Å². The minimum atomic E-state index is -0.559. The van der Waals surface area contributed by atoms with Gasteiger partial charge in [-0.15, -0.1) is 0 Å². The quantitative estimate of drug-likeness (QED) is 0.392. The number of amides is 1. The third kappa shape index (κ3) is 3.45. The number of amidine groups is 1. The molecule has 1 heterocycles. The number of rotatable bonds is 3. The second-order valence-corrected chi connectivity index (χ2v) is 7.01. The monoisotopic (exact) mass is 391 g/mol. The third-order valence-electron chi connectivity index (χ3n) is 4.15. The Balaban J connectivity index is 1.68. The molecule has 0 atom stereocenters. The highest BCUT2D eigenvalue weighted by atomic mass is 32.2. The number of hydrogen-bond acceptors (Lipinski definition) is 6. The van der Waals surface area contributed by atoms with Crippen LogP contribution in [0.15, 0.2) is 70.6 Å². The normalized spacial score (nSPS) is 16.6. The van der Waals surface area contributed by atoms with Gasteiger partial charge in [0.15, 0.2) is 5.17 Å². The fourth-order valence-electron chi connectivity index (χ4n) is 2.81. The Kier molecular flexibility index (Phi) is 4.54. The van der Waals surface area contributed by atoms with Gasteiger partial charge in [-0.25, -0.2) is 4.99 Å². The maximum Gasteiger partial charge on any atom is 0.270 e. The van der Waals surface area contributed by atoms with Crippen molar-refractivity contribution in [3.63, 3.8) is 0 Å². The van der Waals surface area contributed by atoms with Gasteiger partial charge in [0.1, 0.15) is 5.75 Å². The molecule has 0 aromatic heterocycles. The van der Waals surface area contributed by atoms with Gasteiger partial charge in [0.25, 0.3) is 11.6 Å². The van der Waals surface area contributed by atoms with Crippen molar-refractivity contribution in [2.24, 2.45) is 4.99 Å². The zero-order valence-corrected chi connectivity index (χ0v) is 15.1. The summed E-state index contributed by atoms with van der Waals surface area (Å²) >= 11 is 1.11. The van der Waals surface area contributed by atoms with Crippen LogP contribution in [0.1, 0.15) is 5.56 Å². The van der Waals surface area contributed by atoms with Crippen molar-refractivity contribution >= 4 is 51.1 Å². The van der Waals surface area contributed by atoms with Gasteiger partial charge < -0.3 is 10.4 Å². The number of aromatic hydroxyl groups is 1. The van der Waals surface area contributed by atoms with Gasteiger partial charge in [-0.1, -0.05) is 36.4 Å². The minimum absolute atomic E-state index is 0.147. The van der Waals surface area contributed by atoms with Crippen molar-refractivity contribution in [2.75, 3.05) is 0 Å². The van der Waals surface area contributed by atoms with E-state index >= 15 is 0 Å². The van der Waals surface area contributed by atoms with E-state index in [1.807, 2.05) is 42.5 Å². The number of hydrogen-bond donors (Lipinski definition) is 2. The molecule has 1 fully saturated rings. The van der Waals surface area contributed by atoms with Gasteiger partial charge in [0.2, 0.25) is 0 Å². The number of non-ortho nitro benzene ring substituents is 1. The van der Waals surface area contributed by atoms with Crippen molar-refractivity contribution in [3.05, 3.63) is 81.2 Å². The molecule has 28 heavy (non-hydrogen) atoms. The summed E-state index contributed by atoms with van der Waals surface area (Å²) in [5.74, 6) is -0.527. The number of nitro benzene ring substituents is 1. The Morgan fingerprint density at radius 1 is 1.11 bits per heavy atom. The van der Waals surface area contributed by atoms with E-state index in [0.717, 1.165) is 28.2 Å². The van der Waals surface area contributed by atoms with Gasteiger partial charge >= 0.3 is 0 Å². The van der Waals surface area contributed by atoms with E-state index < -0.39 is 4.92 Å². The fraction of sp³-hybridized carbons (Fsp3) is 0. The van der Waals surface area contributed by atoms with Crippen LogP contribution in [0.5, 0.6) is 5.75 Å². The summed E-state index contributed by atoms with van der Waals surface area (Å²) in [4.78, 5) is 27.5. The van der Waals surface area contributed by atoms with E-state index in [9.17, 15) is 20.0 Å². The van der Waals surface area contributed by atoms with Crippen LogP contribution in [0.3, 0.4) is 0 Å². The standard InChI is InChI=1S/C20H13N3O4S/c24-17-9-8-14(23(26)27)10-13(17)11-18-19(25)22-20(28-18)21-16-7-3-5-12-4-1-2-6-15(12)16/h1-11,24H,(H,21,22,25). The van der Waals surface area contributed by atoms with Gasteiger partial charge in [0.05, 0.1) is 15.5 Å². The van der Waals surface area contributed by atoms with E-state index in [1.165, 1.54) is 24.3 Å². The lowest BCUT2D eigenvalue weighted by Crippen LogP contribution is -2.19. The third-order valence-corrected chi connectivity index (χ3v) is 5.06. The lowest BCUT2D eigenvalue weighted by atomic mass is 10.1. The van der Waals surface area contributed by atoms with Crippen LogP contribution in [-0.4, -0.2) is 21.1 Å². The van der Waals surface area contributed by atoms with E-state index in [1.54, 1.807) is 0 Å². The molecule has 1 saturated heterocycles. The molecule has 3 aromatic carbocycles. The largest absolute Gasteiger partial charge is 0.507 e. The Morgan fingerprint density at radius 3 is 2.71 bits per heavy atom. The molecular weight excluding hydrogens is 378 g/mol. The summed E-state index contributed by atoms with van der Waals surface area (Å²) in [5, 5.41) is 26.0. The zero-order valence-electron chi connectivity index (χ0n) is 14.3. The maximum absolute atomic E-state index is 12.3. The first-order chi connectivity index (χ1) is 13.5. The highest BCUT2D eigenvalue weighted by Crippen LogP contribution is 2.33. The molecule has 1 amide bonds. The summed E-state index contributed by atoms with van der Waals surface area (Å²) in [6, 6.07) is 17.2. The van der Waals surface area contributed by atoms with Crippen molar-refractivity contribution in [1.29, 1.82) is 0 Å². The number of thioether (sulfide) groups is 1. The summed E-state index contributed by atoms with van der Waals surface area (Å²) in [5.41, 5.74) is 0.747. The molecule has 1 aliphatic rings. The number of nitrogens with one attached hydrogen (secondary N) is 1. The minimum Gasteiger partial charge on any atom is -0.507 e. The second-order valence-electron chi connectivity index (χ2n) is 5.98. The number of phenolic OH excluding ortho intramolecular Hbond substituents is 1. The number of phenols is 1. The molecule has 8 heteroatoms. The maximum atomic E-state index is 12.3. The molecule has 1 aliphatic heterocycles. The number of fused-ring (bicyclic) bond motifs is 1. The molecule has 0 saturated carbocycles. The van der Waals surface area contributed by atoms with Crippen molar-refractivity contribution in [2.45, 2.75) is 0 Å². The highest BCUT2D eigenvalue weighted by molar-refractivity contribution is 8.18. The molecule has 3 aromatic rings. The smallest absolute Gasteiger partial charge is 0.270 e. The Labute approximate surface area is 163 Å². The van der Waals surface area contributed by atoms with Gasteiger partial charge in [-0.2, -0.15) is 0 Å². The number of carbonyl (C=O) groups is 1. The lowest BCUT2D eigenvalue weighted by Gasteiger charge is -2.02. The van der Waals surface area contributed by atoms with Gasteiger partial charge in [0, 0.05) is 23.1 Å². The van der Waals surface area contributed by atoms with E-state index in [2.05, 4.69) is 10.3 Å². The van der Waals surface area contributed by atoms with Gasteiger partial charge in [-0.05, 0) is 35.4 Å². The number of nitrogens with zero attached hydrogens (tertiary/aromatic N) is 2. The second kappa shape index (κ2) is 7.16. The number of carbonyl (C=O) groups excluding carboxylic acids is 1. The van der Waals surface area contributed by atoms with Crippen LogP contribution in [0.25, 0.3) is 16.8 Å². The van der Waals surface area contributed by atoms with Crippen molar-refractivity contribution < 1.29 is 14.8 Å². The first-order valence-electron chi connectivity index (χ1n) is 8.26. The fourth-order valence-corrected chi connectivity index (χ4v) is 3.63. The first kappa shape index (κ1) is 17.7. The average molecular weight is 391 g/mol. The van der Waals surface area contributed by atoms with Crippen LogP contribution in [0.2, 0.25) is 0 Å². The molecule has 2 N–H and O–H groups in total. The molecule has 0 spiro atoms. The summed E-state index contributed by atoms with van der Waals surface area (Å²) in [7, 11) is 0. The van der Waals surface area contributed by atoms with E-state index in [-0.39, 0.29) is 27.8 Å². The summed E-state index contributed by atoms with van der Waals surface area (Å²) < 4.78 is 0. The Morgan fingerprint density at radius 2 is 1.89 bits per heavy atom. The number of nitro groups is 1. The van der Waals surface area contributed by atoms with Crippen LogP contribution in [0.4, 0.5) is 11.4 Å². The Bertz CT molecular complexity index is 1180. The zero-order chi connectivity index (χ0) is 19.7. The molecule has 0 bridgehead atoms. The molecule has 0 aliphatic carbocycles. The van der Waals surface area contributed by atoms with Crippen molar-refractivity contribution in [3.8, 4) is 5.75 Å². The van der Waals surface area contributed by atoms with Crippen LogP contribution >= 0.6 is 11.8 Å². The molecule has 0 unspecified atom stereocenters. The lowest BCUT2D eigenvalue weighted by molar-refractivity contribution is -0.384. The molecule has 138 valence electrons. The predicted molar refractivity (Wildman–Crippen MR) is 110 cm³/mol. The molecule has 0 radical (unpaired) electrons. The van der Waals surface area contributed by atoms with Crippen LogP contribution in [-0.2, 0) is 4.79 Å². The molecule has 4 rings (SSSR count). The highest BCUT2D eigenvalue weighted by Gasteiger charge is 2.24. The number of benzene rings is 3. The van der Waals surface area contributed by atoms with E-state index in [0.29, 0.717) is 5.17 Å². The van der Waals surface area contributed by atoms with Gasteiger partial charge in [-0.3, -0.25) is 14.9 Å². The molecule has 7 nitrogen and oxygen atoms in total. The SMILES string of the molecule is O=C1NC(=Nc2cccc3ccccc23)SC1=Cc1cc([N+](=O)[O-])ccc1O. The summed E-state index contributed by atoms with van der Waals surface area (Å²) in [6.07, 6.45) is 1.41. The summed E-state index contributed by atoms with van der Waals surface area (Å²) in [6.45, 7) is 0. The van der Waals surface area contributed by atoms with Crippen LogP contribution < -0.4 is 5.32 Å².